The Bertz CT molecular complexity index is 856. The molecule has 3 N–H and O–H groups in total. The quantitative estimate of drug-likeness (QED) is 0.601. The number of carboxylic acids is 1. The van der Waals surface area contributed by atoms with Crippen LogP contribution in [0.2, 0.25) is 0 Å². The fraction of sp³-hybridized carbons (Fsp3) is 0.591. The highest BCUT2D eigenvalue weighted by molar-refractivity contribution is 5.88. The van der Waals surface area contributed by atoms with E-state index in [-0.39, 0.29) is 43.4 Å². The molecule has 0 aliphatic carbocycles. The molecule has 0 aromatic heterocycles. The Morgan fingerprint density at radius 2 is 1.79 bits per heavy atom. The van der Waals surface area contributed by atoms with Gasteiger partial charge in [-0.25, -0.2) is 4.79 Å². The van der Waals surface area contributed by atoms with E-state index in [1.807, 2.05) is 0 Å². The number of nitrogens with two attached hydrogens (primary N) is 1. The van der Waals surface area contributed by atoms with Gasteiger partial charge in [0, 0.05) is 26.1 Å². The van der Waals surface area contributed by atoms with Gasteiger partial charge in [-0.1, -0.05) is 12.1 Å². The molecule has 2 amide bonds. The highest BCUT2D eigenvalue weighted by atomic mass is 19.4. The van der Waals surface area contributed by atoms with Crippen molar-refractivity contribution in [1.29, 1.82) is 0 Å². The first kappa shape index (κ1) is 24.8. The van der Waals surface area contributed by atoms with Crippen molar-refractivity contribution in [3.63, 3.8) is 0 Å². The van der Waals surface area contributed by atoms with E-state index in [2.05, 4.69) is 4.74 Å². The normalized spacial score (nSPS) is 21.8. The molecule has 11 heteroatoms. The Balaban J connectivity index is 1.56. The lowest BCUT2D eigenvalue weighted by Crippen LogP contribution is -2.48. The lowest BCUT2D eigenvalue weighted by atomic mass is 9.97. The summed E-state index contributed by atoms with van der Waals surface area (Å²) in [6.07, 6.45) is -1.98. The van der Waals surface area contributed by atoms with Gasteiger partial charge in [-0.05, 0) is 55.7 Å². The fourth-order valence-electron chi connectivity index (χ4n) is 4.45. The molecule has 0 spiro atoms. The molecule has 0 bridgehead atoms. The number of carboxylic acid groups (broad SMARTS) is 1. The number of halogens is 3. The van der Waals surface area contributed by atoms with Crippen LogP contribution in [0.5, 0.6) is 5.75 Å². The van der Waals surface area contributed by atoms with Gasteiger partial charge >= 0.3 is 12.3 Å². The summed E-state index contributed by atoms with van der Waals surface area (Å²) in [5, 5.41) is 9.59. The first-order chi connectivity index (χ1) is 15.5. The smallest absolute Gasteiger partial charge is 0.480 e. The summed E-state index contributed by atoms with van der Waals surface area (Å²) in [5.41, 5.74) is 6.71. The molecule has 2 unspecified atom stereocenters. The molecule has 2 saturated heterocycles. The monoisotopic (exact) mass is 471 g/mol. The van der Waals surface area contributed by atoms with Gasteiger partial charge in [0.05, 0.1) is 6.04 Å². The summed E-state index contributed by atoms with van der Waals surface area (Å²) in [4.78, 5) is 39.8. The van der Waals surface area contributed by atoms with Crippen LogP contribution >= 0.6 is 0 Å². The van der Waals surface area contributed by atoms with Crippen molar-refractivity contribution in [2.45, 2.75) is 57.0 Å². The number of ether oxygens (including phenoxy) is 1. The van der Waals surface area contributed by atoms with Crippen LogP contribution in [0.3, 0.4) is 0 Å². The van der Waals surface area contributed by atoms with E-state index in [0.717, 1.165) is 12.8 Å². The summed E-state index contributed by atoms with van der Waals surface area (Å²) in [6.45, 7) is 1.59. The van der Waals surface area contributed by atoms with Crippen LogP contribution < -0.4 is 10.5 Å². The van der Waals surface area contributed by atoms with Crippen LogP contribution in [0, 0.1) is 5.92 Å². The molecule has 8 nitrogen and oxygen atoms in total. The maximum Gasteiger partial charge on any atom is 0.573 e. The molecule has 2 fully saturated rings. The molecule has 1 aromatic carbocycles. The summed E-state index contributed by atoms with van der Waals surface area (Å²) in [6, 6.07) is 3.35. The third-order valence-corrected chi connectivity index (χ3v) is 6.08. The molecule has 2 heterocycles. The maximum atomic E-state index is 12.9. The molecule has 1 aromatic rings. The van der Waals surface area contributed by atoms with Gasteiger partial charge in [0.1, 0.15) is 11.8 Å². The fourth-order valence-corrected chi connectivity index (χ4v) is 4.45. The third kappa shape index (κ3) is 6.83. The van der Waals surface area contributed by atoms with Crippen LogP contribution in [0.15, 0.2) is 24.3 Å². The van der Waals surface area contributed by atoms with Gasteiger partial charge in [0.15, 0.2) is 0 Å². The number of alkyl halides is 3. The van der Waals surface area contributed by atoms with Gasteiger partial charge in [0.25, 0.3) is 0 Å². The van der Waals surface area contributed by atoms with Crippen molar-refractivity contribution >= 4 is 17.8 Å². The van der Waals surface area contributed by atoms with E-state index in [0.29, 0.717) is 25.1 Å². The summed E-state index contributed by atoms with van der Waals surface area (Å²) < 4.78 is 40.8. The predicted octanol–water partition coefficient (Wildman–Crippen LogP) is 2.16. The number of carbonyl (C=O) groups is 3. The summed E-state index contributed by atoms with van der Waals surface area (Å²) in [7, 11) is 0. The Morgan fingerprint density at radius 3 is 2.36 bits per heavy atom. The first-order valence-corrected chi connectivity index (χ1v) is 10.9. The number of carbonyl (C=O) groups excluding carboxylic acids is 2. The molecule has 3 rings (SSSR count). The van der Waals surface area contributed by atoms with Crippen LogP contribution in [-0.4, -0.2) is 70.8 Å². The molecule has 33 heavy (non-hydrogen) atoms. The molecular formula is C22H28F3N3O5. The second kappa shape index (κ2) is 10.4. The number of amides is 2. The number of nitrogens with zero attached hydrogens (tertiary/aromatic N) is 2. The van der Waals surface area contributed by atoms with Gasteiger partial charge in [-0.3, -0.25) is 9.59 Å². The first-order valence-electron chi connectivity index (χ1n) is 10.9. The SMILES string of the molecule is N[C@H](CCC(=O)N1CCCC1)C(=O)N1CC(Cc2ccc(OC(F)(F)F)cc2)CC1C(=O)O. The van der Waals surface area contributed by atoms with Gasteiger partial charge in [-0.2, -0.15) is 0 Å². The number of aliphatic carboxylic acids is 1. The van der Waals surface area contributed by atoms with E-state index in [4.69, 9.17) is 5.73 Å². The number of hydrogen-bond acceptors (Lipinski definition) is 5. The Kier molecular flexibility index (Phi) is 7.83. The topological polar surface area (TPSA) is 113 Å². The minimum atomic E-state index is -4.78. The Morgan fingerprint density at radius 1 is 1.15 bits per heavy atom. The second-order valence-electron chi connectivity index (χ2n) is 8.58. The van der Waals surface area contributed by atoms with E-state index in [9.17, 15) is 32.7 Å². The van der Waals surface area contributed by atoms with E-state index in [1.165, 1.54) is 29.2 Å². The van der Waals surface area contributed by atoms with Crippen LogP contribution in [-0.2, 0) is 20.8 Å². The minimum absolute atomic E-state index is 0.0530. The lowest BCUT2D eigenvalue weighted by molar-refractivity contribution is -0.274. The summed E-state index contributed by atoms with van der Waals surface area (Å²) >= 11 is 0. The highest BCUT2D eigenvalue weighted by Crippen LogP contribution is 2.29. The number of rotatable bonds is 8. The zero-order valence-corrected chi connectivity index (χ0v) is 18.1. The van der Waals surface area contributed by atoms with Gasteiger partial charge < -0.3 is 25.4 Å². The lowest BCUT2D eigenvalue weighted by Gasteiger charge is -2.25. The average Bonchev–Trinajstić information content (AvgIpc) is 3.42. The Hall–Kier alpha value is -2.82. The van der Waals surface area contributed by atoms with Crippen molar-refractivity contribution in [2.75, 3.05) is 19.6 Å². The van der Waals surface area contributed by atoms with Crippen molar-refractivity contribution in [2.24, 2.45) is 11.7 Å². The van der Waals surface area contributed by atoms with Crippen molar-refractivity contribution in [3.05, 3.63) is 29.8 Å². The van der Waals surface area contributed by atoms with Crippen LogP contribution in [0.4, 0.5) is 13.2 Å². The van der Waals surface area contributed by atoms with E-state index in [1.54, 1.807) is 4.90 Å². The largest absolute Gasteiger partial charge is 0.573 e. The molecule has 2 aliphatic rings. The number of likely N-dealkylation sites (tertiary alicyclic amines) is 2. The van der Waals surface area contributed by atoms with E-state index >= 15 is 0 Å². The second-order valence-corrected chi connectivity index (χ2v) is 8.58. The van der Waals surface area contributed by atoms with Gasteiger partial charge in [0.2, 0.25) is 11.8 Å². The molecule has 3 atom stereocenters. The molecule has 0 radical (unpaired) electrons. The van der Waals surface area contributed by atoms with Gasteiger partial charge in [-0.15, -0.1) is 13.2 Å². The van der Waals surface area contributed by atoms with Crippen LogP contribution in [0.25, 0.3) is 0 Å². The van der Waals surface area contributed by atoms with Crippen molar-refractivity contribution in [3.8, 4) is 5.75 Å². The minimum Gasteiger partial charge on any atom is -0.480 e. The van der Waals surface area contributed by atoms with Crippen molar-refractivity contribution < 1.29 is 37.4 Å². The molecular weight excluding hydrogens is 443 g/mol. The van der Waals surface area contributed by atoms with Crippen molar-refractivity contribution in [1.82, 2.24) is 9.80 Å². The van der Waals surface area contributed by atoms with Crippen LogP contribution in [0.1, 0.15) is 37.7 Å². The Labute approximate surface area is 189 Å². The standard InChI is InChI=1S/C22H28F3N3O5/c23-22(24,25)33-16-5-3-14(4-6-16)11-15-12-18(21(31)32)28(13-15)20(30)17(26)7-8-19(29)27-9-1-2-10-27/h3-6,15,17-18H,1-2,7-13,26H2,(H,31,32)/t15?,17-,18?/m1/s1. The highest BCUT2D eigenvalue weighted by Gasteiger charge is 2.41. The zero-order chi connectivity index (χ0) is 24.2. The predicted molar refractivity (Wildman–Crippen MR) is 111 cm³/mol. The molecule has 0 saturated carbocycles. The number of benzene rings is 1. The van der Waals surface area contributed by atoms with E-state index < -0.39 is 30.3 Å². The third-order valence-electron chi connectivity index (χ3n) is 6.08. The zero-order valence-electron chi connectivity index (χ0n) is 18.1. The number of hydrogen-bond donors (Lipinski definition) is 2. The summed E-state index contributed by atoms with van der Waals surface area (Å²) in [5.74, 6) is -2.23. The molecule has 2 aliphatic heterocycles. The average molecular weight is 471 g/mol. The molecule has 182 valence electrons. The maximum absolute atomic E-state index is 12.9.